The van der Waals surface area contributed by atoms with Crippen LogP contribution < -0.4 is 0 Å². The SMILES string of the molecule is CN(C)C(=Cc1ccccc1)c1ccc([N+](=O)[O-])cc1. The molecule has 0 spiro atoms. The normalized spacial score (nSPS) is 11.2. The van der Waals surface area contributed by atoms with E-state index in [-0.39, 0.29) is 10.6 Å². The standard InChI is InChI=1S/C16H16N2O2/c1-17(2)16(12-13-6-4-3-5-7-13)14-8-10-15(11-9-14)18(19)20/h3-12H,1-2H3. The molecule has 0 aliphatic rings. The topological polar surface area (TPSA) is 46.4 Å². The number of nitro groups is 1. The maximum atomic E-state index is 10.7. The van der Waals surface area contributed by atoms with Crippen molar-refractivity contribution >= 4 is 17.5 Å². The van der Waals surface area contributed by atoms with Crippen molar-refractivity contribution in [2.45, 2.75) is 0 Å². The lowest BCUT2D eigenvalue weighted by molar-refractivity contribution is -0.384. The smallest absolute Gasteiger partial charge is 0.269 e. The predicted octanol–water partition coefficient (Wildman–Crippen LogP) is 3.65. The van der Waals surface area contributed by atoms with Crippen molar-refractivity contribution < 1.29 is 4.92 Å². The zero-order chi connectivity index (χ0) is 14.5. The van der Waals surface area contributed by atoms with Crippen molar-refractivity contribution in [3.8, 4) is 0 Å². The second-order valence-corrected chi connectivity index (χ2v) is 4.64. The van der Waals surface area contributed by atoms with Gasteiger partial charge in [-0.15, -0.1) is 0 Å². The molecule has 0 bridgehead atoms. The van der Waals surface area contributed by atoms with E-state index in [0.717, 1.165) is 16.8 Å². The van der Waals surface area contributed by atoms with Crippen molar-refractivity contribution in [3.05, 3.63) is 75.8 Å². The van der Waals surface area contributed by atoms with E-state index in [1.807, 2.05) is 49.3 Å². The highest BCUT2D eigenvalue weighted by molar-refractivity contribution is 5.80. The molecule has 0 aliphatic heterocycles. The molecule has 0 saturated carbocycles. The van der Waals surface area contributed by atoms with Gasteiger partial charge in [0, 0.05) is 31.9 Å². The molecule has 4 nitrogen and oxygen atoms in total. The number of hydrogen-bond acceptors (Lipinski definition) is 3. The van der Waals surface area contributed by atoms with Crippen molar-refractivity contribution in [1.82, 2.24) is 4.90 Å². The molecular weight excluding hydrogens is 252 g/mol. The van der Waals surface area contributed by atoms with Crippen LogP contribution in [0.4, 0.5) is 5.69 Å². The minimum Gasteiger partial charge on any atom is -0.377 e. The Balaban J connectivity index is 2.39. The van der Waals surface area contributed by atoms with Gasteiger partial charge in [-0.3, -0.25) is 10.1 Å². The monoisotopic (exact) mass is 268 g/mol. The summed E-state index contributed by atoms with van der Waals surface area (Å²) in [5.41, 5.74) is 3.15. The van der Waals surface area contributed by atoms with Gasteiger partial charge >= 0.3 is 0 Å². The lowest BCUT2D eigenvalue weighted by Crippen LogP contribution is -2.09. The zero-order valence-electron chi connectivity index (χ0n) is 11.5. The van der Waals surface area contributed by atoms with Gasteiger partial charge < -0.3 is 4.90 Å². The molecule has 4 heteroatoms. The van der Waals surface area contributed by atoms with Crippen LogP contribution in [0.25, 0.3) is 11.8 Å². The third-order valence-electron chi connectivity index (χ3n) is 2.96. The minimum atomic E-state index is -0.389. The van der Waals surface area contributed by atoms with Gasteiger partial charge in [-0.1, -0.05) is 30.3 Å². The summed E-state index contributed by atoms with van der Waals surface area (Å²) in [6.07, 6.45) is 2.06. The molecule has 2 aromatic carbocycles. The van der Waals surface area contributed by atoms with Crippen LogP contribution in [0.15, 0.2) is 54.6 Å². The average molecular weight is 268 g/mol. The average Bonchev–Trinajstić information content (AvgIpc) is 2.45. The van der Waals surface area contributed by atoms with Gasteiger partial charge in [0.1, 0.15) is 0 Å². The van der Waals surface area contributed by atoms with Crippen LogP contribution in [0, 0.1) is 10.1 Å². The van der Waals surface area contributed by atoms with Gasteiger partial charge in [-0.2, -0.15) is 0 Å². The number of hydrogen-bond donors (Lipinski definition) is 0. The van der Waals surface area contributed by atoms with Crippen LogP contribution in [-0.2, 0) is 0 Å². The summed E-state index contributed by atoms with van der Waals surface area (Å²) in [5, 5.41) is 10.7. The number of benzene rings is 2. The second kappa shape index (κ2) is 6.02. The summed E-state index contributed by atoms with van der Waals surface area (Å²) < 4.78 is 0. The fourth-order valence-electron chi connectivity index (χ4n) is 1.93. The summed E-state index contributed by atoms with van der Waals surface area (Å²) in [5.74, 6) is 0. The second-order valence-electron chi connectivity index (χ2n) is 4.64. The first-order valence-corrected chi connectivity index (χ1v) is 6.27. The molecule has 0 radical (unpaired) electrons. The van der Waals surface area contributed by atoms with E-state index >= 15 is 0 Å². The Hall–Kier alpha value is -2.62. The van der Waals surface area contributed by atoms with E-state index < -0.39 is 0 Å². The van der Waals surface area contributed by atoms with Gasteiger partial charge in [0.2, 0.25) is 0 Å². The molecule has 0 N–H and O–H groups in total. The maximum Gasteiger partial charge on any atom is 0.269 e. The first kappa shape index (κ1) is 13.8. The van der Waals surface area contributed by atoms with Crippen LogP contribution in [-0.4, -0.2) is 23.9 Å². The Morgan fingerprint density at radius 3 is 2.15 bits per heavy atom. The Kier molecular flexibility index (Phi) is 4.15. The lowest BCUT2D eigenvalue weighted by Gasteiger charge is -2.17. The highest BCUT2D eigenvalue weighted by Gasteiger charge is 2.08. The molecule has 0 fully saturated rings. The third-order valence-corrected chi connectivity index (χ3v) is 2.96. The molecule has 2 aromatic rings. The van der Waals surface area contributed by atoms with Crippen molar-refractivity contribution in [2.24, 2.45) is 0 Å². The Labute approximate surface area is 118 Å². The van der Waals surface area contributed by atoms with Crippen LogP contribution in [0.2, 0.25) is 0 Å². The molecule has 0 amide bonds. The number of rotatable bonds is 4. The first-order chi connectivity index (χ1) is 9.58. The molecule has 2 rings (SSSR count). The molecule has 0 unspecified atom stereocenters. The van der Waals surface area contributed by atoms with Crippen LogP contribution in [0.3, 0.4) is 0 Å². The van der Waals surface area contributed by atoms with Gasteiger partial charge in [-0.25, -0.2) is 0 Å². The number of nitro benzene ring substituents is 1. The van der Waals surface area contributed by atoms with Gasteiger partial charge in [0.05, 0.1) is 4.92 Å². The molecule has 102 valence electrons. The number of non-ortho nitro benzene ring substituents is 1. The number of nitrogens with zero attached hydrogens (tertiary/aromatic N) is 2. The quantitative estimate of drug-likeness (QED) is 0.483. The molecule has 0 aliphatic carbocycles. The van der Waals surface area contributed by atoms with Gasteiger partial charge in [0.15, 0.2) is 0 Å². The van der Waals surface area contributed by atoms with E-state index in [4.69, 9.17) is 0 Å². The largest absolute Gasteiger partial charge is 0.377 e. The highest BCUT2D eigenvalue weighted by Crippen LogP contribution is 2.22. The van der Waals surface area contributed by atoms with E-state index in [1.165, 1.54) is 12.1 Å². The van der Waals surface area contributed by atoms with E-state index in [1.54, 1.807) is 12.1 Å². The van der Waals surface area contributed by atoms with Crippen LogP contribution in [0.5, 0.6) is 0 Å². The van der Waals surface area contributed by atoms with Crippen LogP contribution >= 0.6 is 0 Å². The summed E-state index contributed by atoms with van der Waals surface area (Å²) in [7, 11) is 3.91. The maximum absolute atomic E-state index is 10.7. The van der Waals surface area contributed by atoms with Crippen molar-refractivity contribution in [1.29, 1.82) is 0 Å². The van der Waals surface area contributed by atoms with Gasteiger partial charge in [0.25, 0.3) is 5.69 Å². The Morgan fingerprint density at radius 2 is 1.65 bits per heavy atom. The highest BCUT2D eigenvalue weighted by atomic mass is 16.6. The third kappa shape index (κ3) is 3.23. The van der Waals surface area contributed by atoms with Gasteiger partial charge in [-0.05, 0) is 29.3 Å². The molecule has 0 aromatic heterocycles. The lowest BCUT2D eigenvalue weighted by atomic mass is 10.1. The molecule has 20 heavy (non-hydrogen) atoms. The summed E-state index contributed by atoms with van der Waals surface area (Å²) >= 11 is 0. The van der Waals surface area contributed by atoms with Crippen LogP contribution in [0.1, 0.15) is 11.1 Å². The van der Waals surface area contributed by atoms with Crippen molar-refractivity contribution in [2.75, 3.05) is 14.1 Å². The van der Waals surface area contributed by atoms with E-state index in [9.17, 15) is 10.1 Å². The fourth-order valence-corrected chi connectivity index (χ4v) is 1.93. The minimum absolute atomic E-state index is 0.103. The van der Waals surface area contributed by atoms with E-state index in [2.05, 4.69) is 6.08 Å². The van der Waals surface area contributed by atoms with E-state index in [0.29, 0.717) is 0 Å². The summed E-state index contributed by atoms with van der Waals surface area (Å²) in [6.45, 7) is 0. The molecule has 0 saturated heterocycles. The first-order valence-electron chi connectivity index (χ1n) is 6.27. The summed E-state index contributed by atoms with van der Waals surface area (Å²) in [6, 6.07) is 16.6. The molecule has 0 heterocycles. The summed E-state index contributed by atoms with van der Waals surface area (Å²) in [4.78, 5) is 12.3. The fraction of sp³-hybridized carbons (Fsp3) is 0.125. The predicted molar refractivity (Wildman–Crippen MR) is 81.1 cm³/mol. The molecular formula is C16H16N2O2. The van der Waals surface area contributed by atoms with Crippen molar-refractivity contribution in [3.63, 3.8) is 0 Å². The molecule has 0 atom stereocenters. The zero-order valence-corrected chi connectivity index (χ0v) is 11.5. The Bertz CT molecular complexity index is 617. The Morgan fingerprint density at radius 1 is 1.05 bits per heavy atom.